The highest BCUT2D eigenvalue weighted by molar-refractivity contribution is 5.86. The average molecular weight is 424 g/mol. The summed E-state index contributed by atoms with van der Waals surface area (Å²) in [6.45, 7) is 6.08. The lowest BCUT2D eigenvalue weighted by Crippen LogP contribution is -2.46. The van der Waals surface area contributed by atoms with Crippen molar-refractivity contribution >= 4 is 11.8 Å². The third-order valence-corrected chi connectivity index (χ3v) is 6.15. The van der Waals surface area contributed by atoms with Crippen LogP contribution in [0.4, 0.5) is 0 Å². The number of rotatable bonds is 9. The zero-order chi connectivity index (χ0) is 22.2. The Labute approximate surface area is 187 Å². The summed E-state index contributed by atoms with van der Waals surface area (Å²) >= 11 is 0. The molecule has 5 heteroatoms. The van der Waals surface area contributed by atoms with Crippen LogP contribution in [-0.2, 0) is 29.7 Å². The molecule has 0 aliphatic heterocycles. The van der Waals surface area contributed by atoms with Crippen molar-refractivity contribution in [3.63, 3.8) is 0 Å². The maximum Gasteiger partial charge on any atom is 0.242 e. The van der Waals surface area contributed by atoms with E-state index in [1.54, 1.807) is 0 Å². The summed E-state index contributed by atoms with van der Waals surface area (Å²) in [5, 5.41) is 0. The Hall–Kier alpha value is -2.56. The molecule has 2 aromatic rings. The second-order valence-corrected chi connectivity index (χ2v) is 9.29. The van der Waals surface area contributed by atoms with Gasteiger partial charge in [0.1, 0.15) is 0 Å². The van der Waals surface area contributed by atoms with E-state index >= 15 is 0 Å². The summed E-state index contributed by atoms with van der Waals surface area (Å²) in [5.74, 6) is 0.585. The quantitative estimate of drug-likeness (QED) is 0.591. The van der Waals surface area contributed by atoms with Gasteiger partial charge >= 0.3 is 0 Å². The molecule has 3 rings (SSSR count). The first kappa shape index (κ1) is 23.1. The van der Waals surface area contributed by atoms with Crippen LogP contribution in [-0.4, -0.2) is 39.3 Å². The lowest BCUT2D eigenvalue weighted by molar-refractivity contribution is -0.144. The zero-order valence-corrected chi connectivity index (χ0v) is 19.3. The van der Waals surface area contributed by atoms with Gasteiger partial charge in [-0.05, 0) is 36.5 Å². The number of amides is 2. The lowest BCUT2D eigenvalue weighted by Gasteiger charge is -2.32. The standard InChI is InChI=1S/C26H37N3O2/c1-21(2)17-29(26(31)23-13-8-5-9-14-23)20-25(30)28(18-22-11-6-4-7-12-22)19-24-15-10-16-27(24)3/h4,6-7,10-12,15-16,21,23H,5,8-9,13-14,17-20H2,1-3H3. The van der Waals surface area contributed by atoms with Crippen LogP contribution >= 0.6 is 0 Å². The van der Waals surface area contributed by atoms with Gasteiger partial charge in [0.2, 0.25) is 11.8 Å². The van der Waals surface area contributed by atoms with Crippen LogP contribution in [0.5, 0.6) is 0 Å². The number of benzene rings is 1. The molecule has 0 saturated heterocycles. The van der Waals surface area contributed by atoms with Crippen molar-refractivity contribution in [2.24, 2.45) is 18.9 Å². The van der Waals surface area contributed by atoms with Crippen molar-refractivity contribution < 1.29 is 9.59 Å². The largest absolute Gasteiger partial charge is 0.353 e. The van der Waals surface area contributed by atoms with Crippen molar-refractivity contribution in [3.8, 4) is 0 Å². The first-order valence-corrected chi connectivity index (χ1v) is 11.6. The molecule has 1 aliphatic rings. The van der Waals surface area contributed by atoms with Crippen LogP contribution in [0.3, 0.4) is 0 Å². The van der Waals surface area contributed by atoms with Gasteiger partial charge in [0, 0.05) is 37.9 Å². The Morgan fingerprint density at radius 2 is 1.68 bits per heavy atom. The van der Waals surface area contributed by atoms with Gasteiger partial charge in [0.05, 0.1) is 13.1 Å². The topological polar surface area (TPSA) is 45.6 Å². The Morgan fingerprint density at radius 3 is 2.29 bits per heavy atom. The van der Waals surface area contributed by atoms with Crippen molar-refractivity contribution in [2.45, 2.75) is 59.0 Å². The summed E-state index contributed by atoms with van der Waals surface area (Å²) < 4.78 is 2.05. The highest BCUT2D eigenvalue weighted by atomic mass is 16.2. The van der Waals surface area contributed by atoms with Gasteiger partial charge in [-0.3, -0.25) is 9.59 Å². The maximum atomic E-state index is 13.5. The molecule has 1 saturated carbocycles. The molecule has 168 valence electrons. The molecule has 1 aromatic carbocycles. The molecule has 0 spiro atoms. The fourth-order valence-electron chi connectivity index (χ4n) is 4.44. The molecule has 1 heterocycles. The van der Waals surface area contributed by atoms with Gasteiger partial charge in [0.25, 0.3) is 0 Å². The van der Waals surface area contributed by atoms with E-state index in [0.717, 1.165) is 36.9 Å². The summed E-state index contributed by atoms with van der Waals surface area (Å²) in [7, 11) is 2.00. The molecule has 31 heavy (non-hydrogen) atoms. The number of hydrogen-bond donors (Lipinski definition) is 0. The minimum absolute atomic E-state index is 0.00913. The molecule has 2 amide bonds. The van der Waals surface area contributed by atoms with E-state index in [0.29, 0.717) is 25.6 Å². The number of nitrogens with zero attached hydrogens (tertiary/aromatic N) is 3. The molecular formula is C26H37N3O2. The maximum absolute atomic E-state index is 13.5. The minimum Gasteiger partial charge on any atom is -0.353 e. The molecule has 0 atom stereocenters. The van der Waals surface area contributed by atoms with Gasteiger partial charge < -0.3 is 14.4 Å². The van der Waals surface area contributed by atoms with E-state index in [1.165, 1.54) is 6.42 Å². The predicted octanol–water partition coefficient (Wildman–Crippen LogP) is 4.62. The molecule has 0 bridgehead atoms. The summed E-state index contributed by atoms with van der Waals surface area (Å²) in [6.07, 6.45) is 7.37. The Balaban J connectivity index is 1.76. The Morgan fingerprint density at radius 1 is 0.968 bits per heavy atom. The SMILES string of the molecule is CC(C)CN(CC(=O)N(Cc1ccccc1)Cc1cccn1C)C(=O)C1CCCCC1. The molecule has 1 fully saturated rings. The van der Waals surface area contributed by atoms with E-state index in [9.17, 15) is 9.59 Å². The van der Waals surface area contributed by atoms with Crippen molar-refractivity contribution in [3.05, 3.63) is 59.9 Å². The predicted molar refractivity (Wildman–Crippen MR) is 124 cm³/mol. The third kappa shape index (κ3) is 6.71. The van der Waals surface area contributed by atoms with Gasteiger partial charge in [-0.1, -0.05) is 63.4 Å². The number of hydrogen-bond acceptors (Lipinski definition) is 2. The number of carbonyl (C=O) groups excluding carboxylic acids is 2. The lowest BCUT2D eigenvalue weighted by atomic mass is 9.88. The van der Waals surface area contributed by atoms with Gasteiger partial charge in [-0.25, -0.2) is 0 Å². The minimum atomic E-state index is 0.00913. The summed E-state index contributed by atoms with van der Waals surface area (Å²) in [5.41, 5.74) is 2.18. The first-order chi connectivity index (χ1) is 14.9. The van der Waals surface area contributed by atoms with Crippen LogP contribution in [0.15, 0.2) is 48.7 Å². The van der Waals surface area contributed by atoms with Crippen LogP contribution in [0, 0.1) is 11.8 Å². The average Bonchev–Trinajstić information content (AvgIpc) is 3.17. The molecule has 1 aliphatic carbocycles. The second kappa shape index (κ2) is 11.2. The smallest absolute Gasteiger partial charge is 0.242 e. The van der Waals surface area contributed by atoms with Crippen LogP contribution in [0.1, 0.15) is 57.2 Å². The number of aromatic nitrogens is 1. The van der Waals surface area contributed by atoms with E-state index in [1.807, 2.05) is 70.1 Å². The van der Waals surface area contributed by atoms with Gasteiger partial charge in [-0.2, -0.15) is 0 Å². The molecule has 0 unspecified atom stereocenters. The molecule has 0 N–H and O–H groups in total. The van der Waals surface area contributed by atoms with Gasteiger partial charge in [0.15, 0.2) is 0 Å². The van der Waals surface area contributed by atoms with Crippen molar-refractivity contribution in [1.82, 2.24) is 14.4 Å². The van der Waals surface area contributed by atoms with E-state index in [4.69, 9.17) is 0 Å². The van der Waals surface area contributed by atoms with Crippen LogP contribution < -0.4 is 0 Å². The van der Waals surface area contributed by atoms with Crippen LogP contribution in [0.2, 0.25) is 0 Å². The first-order valence-electron chi connectivity index (χ1n) is 11.6. The number of aryl methyl sites for hydroxylation is 1. The number of carbonyl (C=O) groups is 2. The molecule has 1 aromatic heterocycles. The summed E-state index contributed by atoms with van der Waals surface area (Å²) in [6, 6.07) is 14.1. The van der Waals surface area contributed by atoms with Crippen molar-refractivity contribution in [1.29, 1.82) is 0 Å². The zero-order valence-electron chi connectivity index (χ0n) is 19.3. The highest BCUT2D eigenvalue weighted by Crippen LogP contribution is 2.26. The fraction of sp³-hybridized carbons (Fsp3) is 0.538. The molecular weight excluding hydrogens is 386 g/mol. The second-order valence-electron chi connectivity index (χ2n) is 9.29. The van der Waals surface area contributed by atoms with Crippen molar-refractivity contribution in [2.75, 3.05) is 13.1 Å². The Bertz CT molecular complexity index is 837. The fourth-order valence-corrected chi connectivity index (χ4v) is 4.44. The normalized spacial score (nSPS) is 14.6. The van der Waals surface area contributed by atoms with Crippen LogP contribution in [0.25, 0.3) is 0 Å². The Kier molecular flexibility index (Phi) is 8.33. The highest BCUT2D eigenvalue weighted by Gasteiger charge is 2.29. The molecule has 0 radical (unpaired) electrons. The third-order valence-electron chi connectivity index (χ3n) is 6.15. The molecule has 5 nitrogen and oxygen atoms in total. The van der Waals surface area contributed by atoms with E-state index in [2.05, 4.69) is 13.8 Å². The monoisotopic (exact) mass is 423 g/mol. The van der Waals surface area contributed by atoms with E-state index < -0.39 is 0 Å². The summed E-state index contributed by atoms with van der Waals surface area (Å²) in [4.78, 5) is 30.5. The van der Waals surface area contributed by atoms with Gasteiger partial charge in [-0.15, -0.1) is 0 Å². The van der Waals surface area contributed by atoms with E-state index in [-0.39, 0.29) is 24.3 Å².